The summed E-state index contributed by atoms with van der Waals surface area (Å²) in [5.41, 5.74) is 6.83. The number of nitrogens with one attached hydrogen (secondary N) is 2. The lowest BCUT2D eigenvalue weighted by atomic mass is 9.96. The summed E-state index contributed by atoms with van der Waals surface area (Å²) in [7, 11) is 2.05. The first kappa shape index (κ1) is 13.2. The fraction of sp³-hybridized carbons (Fsp3) is 0.500. The molecular weight excluding hydrogens is 220 g/mol. The molecule has 98 valence electrons. The van der Waals surface area contributed by atoms with E-state index < -0.39 is 0 Å². The van der Waals surface area contributed by atoms with Crippen LogP contribution in [-0.2, 0) is 6.42 Å². The summed E-state index contributed by atoms with van der Waals surface area (Å²) in [4.78, 5) is 3.60. The molecule has 18 heavy (non-hydrogen) atoms. The van der Waals surface area contributed by atoms with Gasteiger partial charge in [0.1, 0.15) is 0 Å². The van der Waals surface area contributed by atoms with Gasteiger partial charge >= 0.3 is 0 Å². The molecule has 0 amide bonds. The van der Waals surface area contributed by atoms with Crippen molar-refractivity contribution in [3.8, 4) is 0 Å². The van der Waals surface area contributed by atoms with Gasteiger partial charge in [-0.2, -0.15) is 0 Å². The van der Waals surface area contributed by atoms with E-state index in [-0.39, 0.29) is 0 Å². The maximum absolute atomic E-state index is 3.60. The second kappa shape index (κ2) is 5.15. The smallest absolute Gasteiger partial charge is 0.0464 e. The Morgan fingerprint density at radius 3 is 2.50 bits per heavy atom. The lowest BCUT2D eigenvalue weighted by Gasteiger charge is -2.16. The number of fused-ring (bicyclic) bond motifs is 1. The molecule has 1 heterocycles. The number of aryl methyl sites for hydroxylation is 3. The summed E-state index contributed by atoms with van der Waals surface area (Å²) < 4.78 is 0. The van der Waals surface area contributed by atoms with E-state index in [0.717, 1.165) is 12.8 Å². The minimum absolute atomic E-state index is 0.440. The van der Waals surface area contributed by atoms with Crippen LogP contribution in [0.15, 0.2) is 12.1 Å². The maximum Gasteiger partial charge on any atom is 0.0464 e. The average molecular weight is 244 g/mol. The molecule has 0 fully saturated rings. The predicted molar refractivity (Wildman–Crippen MR) is 79.2 cm³/mol. The second-order valence-electron chi connectivity index (χ2n) is 5.12. The number of rotatable bonds is 4. The van der Waals surface area contributed by atoms with Crippen molar-refractivity contribution >= 4 is 10.9 Å². The van der Waals surface area contributed by atoms with Gasteiger partial charge in [0.25, 0.3) is 0 Å². The van der Waals surface area contributed by atoms with Gasteiger partial charge in [-0.05, 0) is 56.5 Å². The molecule has 0 bridgehead atoms. The zero-order valence-electron chi connectivity index (χ0n) is 12.1. The number of H-pyrrole nitrogens is 1. The van der Waals surface area contributed by atoms with Crippen LogP contribution in [-0.4, -0.2) is 12.0 Å². The van der Waals surface area contributed by atoms with E-state index in [1.165, 1.54) is 33.3 Å². The summed E-state index contributed by atoms with van der Waals surface area (Å²) in [6.07, 6.45) is 2.17. The van der Waals surface area contributed by atoms with Crippen molar-refractivity contribution in [3.63, 3.8) is 0 Å². The quantitative estimate of drug-likeness (QED) is 0.835. The standard InChI is InChI=1S/C16H24N2/c1-6-12(17-5)16-13(7-2)18-14-9-10(3)8-11(4)15(14)16/h8-9,12,17-18H,6-7H2,1-5H3. The SMILES string of the molecule is CCc1[nH]c2cc(C)cc(C)c2c1C(CC)NC. The molecule has 2 rings (SSSR count). The number of aromatic amines is 1. The number of aromatic nitrogens is 1. The van der Waals surface area contributed by atoms with Gasteiger partial charge in [-0.1, -0.05) is 19.9 Å². The zero-order valence-corrected chi connectivity index (χ0v) is 12.1. The Hall–Kier alpha value is -1.28. The van der Waals surface area contributed by atoms with E-state index in [1.807, 2.05) is 0 Å². The van der Waals surface area contributed by atoms with Crippen molar-refractivity contribution in [2.75, 3.05) is 7.05 Å². The molecule has 2 N–H and O–H groups in total. The van der Waals surface area contributed by atoms with E-state index in [4.69, 9.17) is 0 Å². The van der Waals surface area contributed by atoms with E-state index in [1.54, 1.807) is 0 Å². The Kier molecular flexibility index (Phi) is 3.76. The molecule has 0 radical (unpaired) electrons. The lowest BCUT2D eigenvalue weighted by molar-refractivity contribution is 0.575. The lowest BCUT2D eigenvalue weighted by Crippen LogP contribution is -2.16. The summed E-state index contributed by atoms with van der Waals surface area (Å²) in [6.45, 7) is 8.84. The molecule has 0 aliphatic rings. The van der Waals surface area contributed by atoms with Gasteiger partial charge in [0.15, 0.2) is 0 Å². The Bertz CT molecular complexity index is 548. The molecule has 0 saturated carbocycles. The van der Waals surface area contributed by atoms with Crippen LogP contribution in [0.5, 0.6) is 0 Å². The van der Waals surface area contributed by atoms with E-state index >= 15 is 0 Å². The molecular formula is C16H24N2. The van der Waals surface area contributed by atoms with E-state index in [9.17, 15) is 0 Å². The van der Waals surface area contributed by atoms with Gasteiger partial charge in [0, 0.05) is 22.6 Å². The Morgan fingerprint density at radius 1 is 1.22 bits per heavy atom. The van der Waals surface area contributed by atoms with Crippen molar-refractivity contribution in [2.45, 2.75) is 46.6 Å². The third kappa shape index (κ3) is 2.05. The van der Waals surface area contributed by atoms with Crippen LogP contribution < -0.4 is 5.32 Å². The minimum Gasteiger partial charge on any atom is -0.358 e. The van der Waals surface area contributed by atoms with Crippen LogP contribution in [0.3, 0.4) is 0 Å². The van der Waals surface area contributed by atoms with E-state index in [0.29, 0.717) is 6.04 Å². The summed E-state index contributed by atoms with van der Waals surface area (Å²) in [6, 6.07) is 4.98. The normalized spacial score (nSPS) is 13.2. The van der Waals surface area contributed by atoms with Crippen molar-refractivity contribution in [1.29, 1.82) is 0 Å². The topological polar surface area (TPSA) is 27.8 Å². The van der Waals surface area contributed by atoms with Crippen molar-refractivity contribution in [3.05, 3.63) is 34.5 Å². The third-order valence-corrected chi connectivity index (χ3v) is 3.82. The predicted octanol–water partition coefficient (Wildman–Crippen LogP) is 4.02. The van der Waals surface area contributed by atoms with Gasteiger partial charge in [-0.15, -0.1) is 0 Å². The van der Waals surface area contributed by atoms with Crippen LogP contribution in [0.1, 0.15) is 48.7 Å². The van der Waals surface area contributed by atoms with Crippen molar-refractivity contribution in [2.24, 2.45) is 0 Å². The van der Waals surface area contributed by atoms with E-state index in [2.05, 4.69) is 57.2 Å². The van der Waals surface area contributed by atoms with Gasteiger partial charge in [0.05, 0.1) is 0 Å². The van der Waals surface area contributed by atoms with Crippen molar-refractivity contribution in [1.82, 2.24) is 10.3 Å². The first-order valence-electron chi connectivity index (χ1n) is 6.91. The molecule has 1 aromatic carbocycles. The number of hydrogen-bond acceptors (Lipinski definition) is 1. The second-order valence-corrected chi connectivity index (χ2v) is 5.12. The number of benzene rings is 1. The molecule has 0 aliphatic carbocycles. The molecule has 0 spiro atoms. The van der Waals surface area contributed by atoms with Crippen LogP contribution in [0.4, 0.5) is 0 Å². The third-order valence-electron chi connectivity index (χ3n) is 3.82. The first-order valence-corrected chi connectivity index (χ1v) is 6.91. The van der Waals surface area contributed by atoms with Gasteiger partial charge < -0.3 is 10.3 Å². The van der Waals surface area contributed by atoms with Gasteiger partial charge in [-0.25, -0.2) is 0 Å². The zero-order chi connectivity index (χ0) is 13.3. The van der Waals surface area contributed by atoms with Crippen LogP contribution >= 0.6 is 0 Å². The Balaban J connectivity index is 2.76. The highest BCUT2D eigenvalue weighted by molar-refractivity contribution is 5.89. The largest absolute Gasteiger partial charge is 0.358 e. The molecule has 2 heteroatoms. The van der Waals surface area contributed by atoms with Gasteiger partial charge in [0.2, 0.25) is 0 Å². The average Bonchev–Trinajstić information content (AvgIpc) is 2.69. The Labute approximate surface area is 110 Å². The van der Waals surface area contributed by atoms with Crippen molar-refractivity contribution < 1.29 is 0 Å². The molecule has 0 saturated heterocycles. The molecule has 1 atom stereocenters. The summed E-state index contributed by atoms with van der Waals surface area (Å²) in [5, 5.41) is 4.86. The molecule has 2 aromatic rings. The fourth-order valence-corrected chi connectivity index (χ4v) is 3.02. The fourth-order valence-electron chi connectivity index (χ4n) is 3.02. The molecule has 1 unspecified atom stereocenters. The summed E-state index contributed by atoms with van der Waals surface area (Å²) >= 11 is 0. The highest BCUT2D eigenvalue weighted by atomic mass is 14.9. The minimum atomic E-state index is 0.440. The van der Waals surface area contributed by atoms with Gasteiger partial charge in [-0.3, -0.25) is 0 Å². The number of hydrogen-bond donors (Lipinski definition) is 2. The monoisotopic (exact) mass is 244 g/mol. The van der Waals surface area contributed by atoms with Crippen LogP contribution in [0.25, 0.3) is 10.9 Å². The van der Waals surface area contributed by atoms with Crippen LogP contribution in [0.2, 0.25) is 0 Å². The molecule has 1 aromatic heterocycles. The Morgan fingerprint density at radius 2 is 1.94 bits per heavy atom. The highest BCUT2D eigenvalue weighted by Gasteiger charge is 2.18. The highest BCUT2D eigenvalue weighted by Crippen LogP contribution is 2.33. The maximum atomic E-state index is 3.60. The summed E-state index contributed by atoms with van der Waals surface area (Å²) in [5.74, 6) is 0. The molecule has 0 aliphatic heterocycles. The molecule has 2 nitrogen and oxygen atoms in total. The van der Waals surface area contributed by atoms with Crippen LogP contribution in [0, 0.1) is 13.8 Å². The first-order chi connectivity index (χ1) is 8.62.